The standard InChI is InChI=1S/C18H26N4OS/c1-4-19-18(22(3)12-16-13-24-14(2)21-16)20-11-17(23)10-15-8-6-5-7-9-15/h5-9,13,17,23H,4,10-12H2,1-3H3,(H,19,20). The summed E-state index contributed by atoms with van der Waals surface area (Å²) in [6, 6.07) is 9.99. The van der Waals surface area contributed by atoms with Crippen LogP contribution < -0.4 is 5.32 Å². The SMILES string of the molecule is CCNC(=NCC(O)Cc1ccccc1)N(C)Cc1csc(C)n1. The lowest BCUT2D eigenvalue weighted by Crippen LogP contribution is -2.39. The van der Waals surface area contributed by atoms with Crippen molar-refractivity contribution in [2.45, 2.75) is 32.9 Å². The van der Waals surface area contributed by atoms with Crippen molar-refractivity contribution in [3.8, 4) is 0 Å². The minimum atomic E-state index is -0.490. The summed E-state index contributed by atoms with van der Waals surface area (Å²) in [5.74, 6) is 0.787. The van der Waals surface area contributed by atoms with E-state index < -0.39 is 6.10 Å². The number of hydrogen-bond donors (Lipinski definition) is 2. The van der Waals surface area contributed by atoms with Gasteiger partial charge >= 0.3 is 0 Å². The minimum Gasteiger partial charge on any atom is -0.391 e. The van der Waals surface area contributed by atoms with Crippen molar-refractivity contribution in [1.29, 1.82) is 0 Å². The van der Waals surface area contributed by atoms with Gasteiger partial charge < -0.3 is 15.3 Å². The summed E-state index contributed by atoms with van der Waals surface area (Å²) in [6.45, 7) is 5.90. The summed E-state index contributed by atoms with van der Waals surface area (Å²) in [7, 11) is 1.99. The van der Waals surface area contributed by atoms with Crippen LogP contribution >= 0.6 is 11.3 Å². The Kier molecular flexibility index (Phi) is 7.21. The predicted octanol–water partition coefficient (Wildman–Crippen LogP) is 2.45. The lowest BCUT2D eigenvalue weighted by Gasteiger charge is -2.21. The number of aryl methyl sites for hydroxylation is 1. The van der Waals surface area contributed by atoms with Crippen LogP contribution in [0.1, 0.15) is 23.2 Å². The van der Waals surface area contributed by atoms with E-state index in [1.165, 1.54) is 0 Å². The highest BCUT2D eigenvalue weighted by Gasteiger charge is 2.10. The summed E-state index contributed by atoms with van der Waals surface area (Å²) >= 11 is 1.65. The Morgan fingerprint density at radius 3 is 2.75 bits per heavy atom. The first-order valence-corrected chi connectivity index (χ1v) is 9.09. The molecule has 1 aromatic carbocycles. The van der Waals surface area contributed by atoms with Crippen LogP contribution in [-0.2, 0) is 13.0 Å². The maximum Gasteiger partial charge on any atom is 0.194 e. The Bertz CT molecular complexity index is 641. The first kappa shape index (κ1) is 18.4. The number of aromatic nitrogens is 1. The monoisotopic (exact) mass is 346 g/mol. The summed E-state index contributed by atoms with van der Waals surface area (Å²) in [5.41, 5.74) is 2.16. The Hall–Kier alpha value is -1.92. The van der Waals surface area contributed by atoms with Crippen molar-refractivity contribution in [1.82, 2.24) is 15.2 Å². The molecule has 1 atom stereocenters. The van der Waals surface area contributed by atoms with Gasteiger partial charge in [0, 0.05) is 25.4 Å². The van der Waals surface area contributed by atoms with E-state index in [9.17, 15) is 5.11 Å². The number of aliphatic imine (C=N–C) groups is 1. The van der Waals surface area contributed by atoms with Gasteiger partial charge in [0.05, 0.1) is 29.9 Å². The summed E-state index contributed by atoms with van der Waals surface area (Å²) in [4.78, 5) is 11.1. The van der Waals surface area contributed by atoms with Crippen LogP contribution in [0.4, 0.5) is 0 Å². The number of aliphatic hydroxyl groups is 1. The molecule has 0 saturated carbocycles. The van der Waals surface area contributed by atoms with E-state index >= 15 is 0 Å². The van der Waals surface area contributed by atoms with E-state index in [-0.39, 0.29) is 0 Å². The number of hydrogen-bond acceptors (Lipinski definition) is 4. The van der Waals surface area contributed by atoms with E-state index in [1.807, 2.05) is 56.1 Å². The van der Waals surface area contributed by atoms with Crippen molar-refractivity contribution in [2.24, 2.45) is 4.99 Å². The van der Waals surface area contributed by atoms with Gasteiger partial charge in [-0.15, -0.1) is 11.3 Å². The van der Waals surface area contributed by atoms with Crippen LogP contribution in [0, 0.1) is 6.92 Å². The van der Waals surface area contributed by atoms with Crippen molar-refractivity contribution < 1.29 is 5.11 Å². The van der Waals surface area contributed by atoms with Gasteiger partial charge in [-0.2, -0.15) is 0 Å². The van der Waals surface area contributed by atoms with Crippen LogP contribution in [0.15, 0.2) is 40.7 Å². The average Bonchev–Trinajstić information content (AvgIpc) is 2.97. The van der Waals surface area contributed by atoms with Crippen LogP contribution in [0.25, 0.3) is 0 Å². The molecule has 2 rings (SSSR count). The Morgan fingerprint density at radius 2 is 2.12 bits per heavy atom. The molecule has 0 aliphatic carbocycles. The van der Waals surface area contributed by atoms with Crippen molar-refractivity contribution in [2.75, 3.05) is 20.1 Å². The number of aliphatic hydroxyl groups excluding tert-OH is 1. The van der Waals surface area contributed by atoms with Crippen LogP contribution in [-0.4, -0.2) is 47.2 Å². The molecule has 0 radical (unpaired) electrons. The van der Waals surface area contributed by atoms with Gasteiger partial charge in [-0.1, -0.05) is 30.3 Å². The van der Waals surface area contributed by atoms with Gasteiger partial charge in [-0.25, -0.2) is 4.98 Å². The predicted molar refractivity (Wildman–Crippen MR) is 100 cm³/mol. The molecular weight excluding hydrogens is 320 g/mol. The minimum absolute atomic E-state index is 0.373. The summed E-state index contributed by atoms with van der Waals surface area (Å²) < 4.78 is 0. The highest BCUT2D eigenvalue weighted by atomic mass is 32.1. The van der Waals surface area contributed by atoms with E-state index in [0.717, 1.165) is 28.8 Å². The largest absolute Gasteiger partial charge is 0.391 e. The molecule has 2 aromatic rings. The molecule has 24 heavy (non-hydrogen) atoms. The van der Waals surface area contributed by atoms with E-state index in [2.05, 4.69) is 20.7 Å². The smallest absolute Gasteiger partial charge is 0.194 e. The van der Waals surface area contributed by atoms with Crippen molar-refractivity contribution in [3.63, 3.8) is 0 Å². The fraction of sp³-hybridized carbons (Fsp3) is 0.444. The zero-order valence-corrected chi connectivity index (χ0v) is 15.4. The molecule has 0 aliphatic heterocycles. The molecular formula is C18H26N4OS. The third kappa shape index (κ3) is 5.94. The van der Waals surface area contributed by atoms with E-state index in [4.69, 9.17) is 0 Å². The molecule has 1 heterocycles. The molecule has 1 unspecified atom stereocenters. The van der Waals surface area contributed by atoms with Gasteiger partial charge in [0.2, 0.25) is 0 Å². The van der Waals surface area contributed by atoms with Gasteiger partial charge in [0.1, 0.15) is 0 Å². The molecule has 0 spiro atoms. The molecule has 1 aromatic heterocycles. The first-order chi connectivity index (χ1) is 11.6. The molecule has 2 N–H and O–H groups in total. The molecule has 0 saturated heterocycles. The van der Waals surface area contributed by atoms with E-state index in [1.54, 1.807) is 11.3 Å². The Morgan fingerprint density at radius 1 is 1.38 bits per heavy atom. The summed E-state index contributed by atoms with van der Waals surface area (Å²) in [5, 5.41) is 16.6. The highest BCUT2D eigenvalue weighted by molar-refractivity contribution is 7.09. The zero-order valence-electron chi connectivity index (χ0n) is 14.6. The molecule has 0 bridgehead atoms. The summed E-state index contributed by atoms with van der Waals surface area (Å²) in [6.07, 6.45) is 0.120. The second-order valence-corrected chi connectivity index (χ2v) is 6.81. The number of thiazole rings is 1. The fourth-order valence-corrected chi connectivity index (χ4v) is 3.01. The highest BCUT2D eigenvalue weighted by Crippen LogP contribution is 2.10. The molecule has 0 fully saturated rings. The third-order valence-corrected chi connectivity index (χ3v) is 4.35. The van der Waals surface area contributed by atoms with Gasteiger partial charge in [0.15, 0.2) is 5.96 Å². The van der Waals surface area contributed by atoms with Crippen molar-refractivity contribution in [3.05, 3.63) is 52.0 Å². The Balaban J connectivity index is 1.93. The normalized spacial score (nSPS) is 12.9. The Labute approximate surface area is 148 Å². The van der Waals surface area contributed by atoms with Gasteiger partial charge in [-0.05, 0) is 19.4 Å². The maximum absolute atomic E-state index is 10.2. The lowest BCUT2D eigenvalue weighted by molar-refractivity contribution is 0.183. The topological polar surface area (TPSA) is 60.8 Å². The fourth-order valence-electron chi connectivity index (χ4n) is 2.41. The second kappa shape index (κ2) is 9.39. The quantitative estimate of drug-likeness (QED) is 0.597. The van der Waals surface area contributed by atoms with Gasteiger partial charge in [-0.3, -0.25) is 4.99 Å². The number of nitrogens with one attached hydrogen (secondary N) is 1. The number of benzene rings is 1. The molecule has 130 valence electrons. The molecule has 6 heteroatoms. The molecule has 5 nitrogen and oxygen atoms in total. The number of guanidine groups is 1. The maximum atomic E-state index is 10.2. The van der Waals surface area contributed by atoms with Gasteiger partial charge in [0.25, 0.3) is 0 Å². The van der Waals surface area contributed by atoms with Crippen molar-refractivity contribution >= 4 is 17.3 Å². The second-order valence-electron chi connectivity index (χ2n) is 5.75. The van der Waals surface area contributed by atoms with E-state index in [0.29, 0.717) is 19.5 Å². The molecule has 0 aliphatic rings. The average molecular weight is 347 g/mol. The lowest BCUT2D eigenvalue weighted by atomic mass is 10.1. The first-order valence-electron chi connectivity index (χ1n) is 8.21. The third-order valence-electron chi connectivity index (χ3n) is 3.53. The molecule has 0 amide bonds. The van der Waals surface area contributed by atoms with Crippen LogP contribution in [0.5, 0.6) is 0 Å². The zero-order chi connectivity index (χ0) is 17.4. The number of rotatable bonds is 7. The number of nitrogens with zero attached hydrogens (tertiary/aromatic N) is 3. The van der Waals surface area contributed by atoms with Crippen LogP contribution in [0.2, 0.25) is 0 Å². The van der Waals surface area contributed by atoms with Crippen LogP contribution in [0.3, 0.4) is 0 Å².